The Hall–Kier alpha value is -1.59. The molecule has 0 radical (unpaired) electrons. The maximum absolute atomic E-state index is 12.5. The summed E-state index contributed by atoms with van der Waals surface area (Å²) in [6.07, 6.45) is -0.0716. The minimum Gasteiger partial charge on any atom is -0.464 e. The Balaban J connectivity index is 5.44. The van der Waals surface area contributed by atoms with Crippen LogP contribution in [0.3, 0.4) is 0 Å². The molecule has 0 spiro atoms. The second-order valence-electron chi connectivity index (χ2n) is 7.24. The second-order valence-corrected chi connectivity index (χ2v) is 7.24. The number of hydrogen-bond acceptors (Lipinski definition) is 6. The predicted octanol–water partition coefficient (Wildman–Crippen LogP) is 2.98. The summed E-state index contributed by atoms with van der Waals surface area (Å²) >= 11 is 0. The van der Waals surface area contributed by atoms with Gasteiger partial charge in [-0.15, -0.1) is 0 Å². The van der Waals surface area contributed by atoms with Crippen LogP contribution in [0.4, 0.5) is 0 Å². The van der Waals surface area contributed by atoms with Gasteiger partial charge in [0.05, 0.1) is 19.8 Å². The van der Waals surface area contributed by atoms with E-state index in [4.69, 9.17) is 14.2 Å². The standard InChI is InChI=1S/C18H32O6/c1-8-18(15(19)22-9-12(2)3,16(20)23-10-13(4)5)17(21)24-11-14(6)7/h12-14H,8-11H2,1-7H3. The fourth-order valence-electron chi connectivity index (χ4n) is 1.78. The lowest BCUT2D eigenvalue weighted by molar-refractivity contribution is -0.186. The van der Waals surface area contributed by atoms with Crippen molar-refractivity contribution in [2.45, 2.75) is 54.9 Å². The molecule has 0 atom stereocenters. The topological polar surface area (TPSA) is 78.9 Å². The molecule has 0 rings (SSSR count). The average Bonchev–Trinajstić information content (AvgIpc) is 2.49. The zero-order valence-corrected chi connectivity index (χ0v) is 16.0. The van der Waals surface area contributed by atoms with Crippen LogP contribution in [0.25, 0.3) is 0 Å². The predicted molar refractivity (Wildman–Crippen MR) is 90.1 cm³/mol. The van der Waals surface area contributed by atoms with Crippen LogP contribution in [0.1, 0.15) is 54.9 Å². The van der Waals surface area contributed by atoms with Crippen LogP contribution in [0.15, 0.2) is 0 Å². The number of esters is 3. The Morgan fingerprint density at radius 1 is 0.667 bits per heavy atom. The highest BCUT2D eigenvalue weighted by Crippen LogP contribution is 2.29. The molecule has 0 amide bonds. The first kappa shape index (κ1) is 22.4. The Morgan fingerprint density at radius 3 is 1.08 bits per heavy atom. The molecule has 0 aromatic heterocycles. The molecule has 140 valence electrons. The molecule has 6 nitrogen and oxygen atoms in total. The van der Waals surface area contributed by atoms with Crippen molar-refractivity contribution in [2.75, 3.05) is 19.8 Å². The molecule has 0 aliphatic rings. The van der Waals surface area contributed by atoms with E-state index in [1.165, 1.54) is 0 Å². The van der Waals surface area contributed by atoms with Crippen LogP contribution in [0, 0.1) is 23.2 Å². The van der Waals surface area contributed by atoms with Crippen LogP contribution in [0.5, 0.6) is 0 Å². The molecule has 0 bridgehead atoms. The van der Waals surface area contributed by atoms with Crippen LogP contribution >= 0.6 is 0 Å². The van der Waals surface area contributed by atoms with Crippen LogP contribution in [0.2, 0.25) is 0 Å². The zero-order chi connectivity index (χ0) is 18.9. The molecule has 0 saturated heterocycles. The Bertz CT molecular complexity index is 365. The van der Waals surface area contributed by atoms with Crippen molar-refractivity contribution in [3.05, 3.63) is 0 Å². The van der Waals surface area contributed by atoms with Crippen LogP contribution in [-0.2, 0) is 28.6 Å². The molecular formula is C18H32O6. The van der Waals surface area contributed by atoms with Crippen molar-refractivity contribution in [3.8, 4) is 0 Å². The summed E-state index contributed by atoms with van der Waals surface area (Å²) in [5, 5.41) is 0. The highest BCUT2D eigenvalue weighted by atomic mass is 16.6. The molecule has 0 aliphatic heterocycles. The van der Waals surface area contributed by atoms with Gasteiger partial charge in [0.2, 0.25) is 0 Å². The van der Waals surface area contributed by atoms with Crippen molar-refractivity contribution >= 4 is 17.9 Å². The Kier molecular flexibility index (Phi) is 9.63. The molecule has 0 aromatic rings. The van der Waals surface area contributed by atoms with Gasteiger partial charge in [-0.25, -0.2) is 0 Å². The molecule has 0 saturated carbocycles. The fraction of sp³-hybridized carbons (Fsp3) is 0.833. The van der Waals surface area contributed by atoms with Gasteiger partial charge in [0.25, 0.3) is 5.41 Å². The number of hydrogen-bond donors (Lipinski definition) is 0. The summed E-state index contributed by atoms with van der Waals surface area (Å²) in [4.78, 5) is 37.6. The molecule has 0 heterocycles. The Morgan fingerprint density at radius 2 is 0.917 bits per heavy atom. The minimum atomic E-state index is -2.06. The maximum atomic E-state index is 12.5. The van der Waals surface area contributed by atoms with Gasteiger partial charge in [-0.1, -0.05) is 48.5 Å². The van der Waals surface area contributed by atoms with Gasteiger partial charge in [0, 0.05) is 0 Å². The third-order valence-electron chi connectivity index (χ3n) is 3.22. The van der Waals surface area contributed by atoms with Crippen molar-refractivity contribution in [2.24, 2.45) is 23.2 Å². The molecule has 6 heteroatoms. The SMILES string of the molecule is CCC(C(=O)OCC(C)C)(C(=O)OCC(C)C)C(=O)OCC(C)C. The average molecular weight is 344 g/mol. The first-order valence-electron chi connectivity index (χ1n) is 8.59. The van der Waals surface area contributed by atoms with Crippen molar-refractivity contribution in [3.63, 3.8) is 0 Å². The third kappa shape index (κ3) is 6.49. The molecule has 0 fully saturated rings. The summed E-state index contributed by atoms with van der Waals surface area (Å²) in [6.45, 7) is 13.2. The van der Waals surface area contributed by atoms with E-state index in [0.717, 1.165) is 0 Å². The van der Waals surface area contributed by atoms with Gasteiger partial charge in [-0.3, -0.25) is 14.4 Å². The lowest BCUT2D eigenvalue weighted by atomic mass is 9.85. The van der Waals surface area contributed by atoms with Gasteiger partial charge in [-0.2, -0.15) is 0 Å². The largest absolute Gasteiger partial charge is 0.464 e. The number of carbonyl (C=O) groups excluding carboxylic acids is 3. The highest BCUT2D eigenvalue weighted by Gasteiger charge is 2.56. The number of ether oxygens (including phenoxy) is 3. The van der Waals surface area contributed by atoms with Crippen LogP contribution < -0.4 is 0 Å². The van der Waals surface area contributed by atoms with Crippen molar-refractivity contribution in [1.82, 2.24) is 0 Å². The zero-order valence-electron chi connectivity index (χ0n) is 16.0. The van der Waals surface area contributed by atoms with E-state index in [0.29, 0.717) is 0 Å². The van der Waals surface area contributed by atoms with E-state index >= 15 is 0 Å². The van der Waals surface area contributed by atoms with Gasteiger partial charge in [0.15, 0.2) is 0 Å². The molecule has 0 N–H and O–H groups in total. The fourth-order valence-corrected chi connectivity index (χ4v) is 1.78. The normalized spacial score (nSPS) is 11.8. The third-order valence-corrected chi connectivity index (χ3v) is 3.22. The van der Waals surface area contributed by atoms with E-state index in [1.54, 1.807) is 6.92 Å². The lowest BCUT2D eigenvalue weighted by Gasteiger charge is -2.27. The van der Waals surface area contributed by atoms with Gasteiger partial charge in [-0.05, 0) is 24.2 Å². The smallest absolute Gasteiger partial charge is 0.335 e. The van der Waals surface area contributed by atoms with Gasteiger partial charge >= 0.3 is 17.9 Å². The molecule has 0 aliphatic carbocycles. The summed E-state index contributed by atoms with van der Waals surface area (Å²) in [7, 11) is 0. The Labute approximate surface area is 145 Å². The van der Waals surface area contributed by atoms with Crippen molar-refractivity contribution in [1.29, 1.82) is 0 Å². The first-order valence-corrected chi connectivity index (χ1v) is 8.59. The molecule has 0 unspecified atom stereocenters. The maximum Gasteiger partial charge on any atom is 0.335 e. The van der Waals surface area contributed by atoms with E-state index in [9.17, 15) is 14.4 Å². The lowest BCUT2D eigenvalue weighted by Crippen LogP contribution is -2.49. The van der Waals surface area contributed by atoms with E-state index in [1.807, 2.05) is 41.5 Å². The summed E-state index contributed by atoms with van der Waals surface area (Å²) in [5.74, 6) is -2.45. The van der Waals surface area contributed by atoms with Crippen LogP contribution in [-0.4, -0.2) is 37.7 Å². The molecule has 24 heavy (non-hydrogen) atoms. The van der Waals surface area contributed by atoms with Crippen molar-refractivity contribution < 1.29 is 28.6 Å². The summed E-state index contributed by atoms with van der Waals surface area (Å²) in [5.41, 5.74) is -2.06. The van der Waals surface area contributed by atoms with Gasteiger partial charge in [0.1, 0.15) is 0 Å². The highest BCUT2D eigenvalue weighted by molar-refractivity contribution is 6.17. The van der Waals surface area contributed by atoms with Gasteiger partial charge < -0.3 is 14.2 Å². The van der Waals surface area contributed by atoms with E-state index < -0.39 is 23.3 Å². The summed E-state index contributed by atoms with van der Waals surface area (Å²) in [6, 6.07) is 0. The number of carbonyl (C=O) groups is 3. The monoisotopic (exact) mass is 344 g/mol. The minimum absolute atomic E-state index is 0.0716. The summed E-state index contributed by atoms with van der Waals surface area (Å²) < 4.78 is 15.5. The van der Waals surface area contributed by atoms with E-state index in [2.05, 4.69) is 0 Å². The second kappa shape index (κ2) is 10.3. The quantitative estimate of drug-likeness (QED) is 0.344. The van der Waals surface area contributed by atoms with E-state index in [-0.39, 0.29) is 44.0 Å². The number of rotatable bonds is 10. The molecule has 0 aromatic carbocycles. The molecular weight excluding hydrogens is 312 g/mol. The first-order chi connectivity index (χ1) is 11.1.